The van der Waals surface area contributed by atoms with Crippen molar-refractivity contribution in [3.8, 4) is 11.4 Å². The fourth-order valence-corrected chi connectivity index (χ4v) is 4.35. The minimum absolute atomic E-state index is 0.202. The van der Waals surface area contributed by atoms with Gasteiger partial charge in [-0.15, -0.1) is 0 Å². The van der Waals surface area contributed by atoms with Crippen molar-refractivity contribution in [2.45, 2.75) is 0 Å². The summed E-state index contributed by atoms with van der Waals surface area (Å²) in [7, 11) is 6.06. The van der Waals surface area contributed by atoms with Gasteiger partial charge in [-0.05, 0) is 63.6 Å². The predicted octanol–water partition coefficient (Wildman–Crippen LogP) is 3.64. The zero-order valence-corrected chi connectivity index (χ0v) is 22.5. The van der Waals surface area contributed by atoms with Crippen LogP contribution in [0, 0.1) is 0 Å². The van der Waals surface area contributed by atoms with E-state index in [1.807, 2.05) is 43.3 Å². The highest BCUT2D eigenvalue weighted by Gasteiger charge is 2.15. The van der Waals surface area contributed by atoms with Crippen LogP contribution in [0.1, 0.15) is 0 Å². The van der Waals surface area contributed by atoms with Crippen molar-refractivity contribution in [3.63, 3.8) is 0 Å². The molecule has 10 heteroatoms. The number of anilines is 4. The van der Waals surface area contributed by atoms with Gasteiger partial charge < -0.3 is 25.3 Å². The number of amides is 1. The van der Waals surface area contributed by atoms with E-state index in [1.54, 1.807) is 30.7 Å². The lowest BCUT2D eigenvalue weighted by Crippen LogP contribution is -2.44. The van der Waals surface area contributed by atoms with Crippen molar-refractivity contribution in [2.75, 3.05) is 69.4 Å². The SMILES string of the molecule is CN(C)CC=CC(=O)Nc1ccnc(-c2nccc3cnc(Nc4ccc(N5CCN(C)CC5)cc4)nc23)c1. The Balaban J connectivity index is 1.34. The number of pyridine rings is 2. The van der Waals surface area contributed by atoms with Crippen molar-refractivity contribution >= 4 is 39.8 Å². The first-order valence-corrected chi connectivity index (χ1v) is 13.0. The third kappa shape index (κ3) is 6.73. The van der Waals surface area contributed by atoms with Gasteiger partial charge in [0.05, 0.1) is 5.69 Å². The number of carbonyl (C=O) groups excluding carboxylic acids is 1. The van der Waals surface area contributed by atoms with Crippen LogP contribution in [0.25, 0.3) is 22.3 Å². The first-order chi connectivity index (χ1) is 18.9. The maximum atomic E-state index is 12.3. The molecule has 0 bridgehead atoms. The fraction of sp³-hybridized carbons (Fsp3) is 0.276. The molecule has 200 valence electrons. The lowest BCUT2D eigenvalue weighted by molar-refractivity contribution is -0.111. The van der Waals surface area contributed by atoms with Gasteiger partial charge in [-0.1, -0.05) is 6.08 Å². The summed E-state index contributed by atoms with van der Waals surface area (Å²) in [6.07, 6.45) is 8.48. The number of fused-ring (bicyclic) bond motifs is 1. The Labute approximate surface area is 228 Å². The van der Waals surface area contributed by atoms with E-state index in [-0.39, 0.29) is 5.91 Å². The third-order valence-corrected chi connectivity index (χ3v) is 6.50. The van der Waals surface area contributed by atoms with Gasteiger partial charge in [0.15, 0.2) is 0 Å². The second kappa shape index (κ2) is 12.0. The largest absolute Gasteiger partial charge is 0.369 e. The summed E-state index contributed by atoms with van der Waals surface area (Å²) in [5, 5.41) is 7.04. The van der Waals surface area contributed by atoms with Crippen molar-refractivity contribution in [1.82, 2.24) is 29.7 Å². The summed E-state index contributed by atoms with van der Waals surface area (Å²) < 4.78 is 0. The highest BCUT2D eigenvalue weighted by molar-refractivity contribution is 6.00. The van der Waals surface area contributed by atoms with Crippen molar-refractivity contribution in [3.05, 3.63) is 73.2 Å². The van der Waals surface area contributed by atoms with Gasteiger partial charge in [-0.25, -0.2) is 9.97 Å². The van der Waals surface area contributed by atoms with Gasteiger partial charge in [0.25, 0.3) is 0 Å². The molecule has 1 aliphatic heterocycles. The predicted molar refractivity (Wildman–Crippen MR) is 156 cm³/mol. The Morgan fingerprint density at radius 2 is 1.74 bits per heavy atom. The zero-order valence-electron chi connectivity index (χ0n) is 22.5. The van der Waals surface area contributed by atoms with Gasteiger partial charge in [-0.2, -0.15) is 0 Å². The molecule has 0 radical (unpaired) electrons. The van der Waals surface area contributed by atoms with Crippen LogP contribution in [0.4, 0.5) is 23.0 Å². The van der Waals surface area contributed by atoms with Crippen LogP contribution in [-0.2, 0) is 4.79 Å². The molecule has 0 atom stereocenters. The Kier molecular flexibility index (Phi) is 8.04. The number of likely N-dealkylation sites (N-methyl/N-ethyl adjacent to an activating group) is 2. The summed E-state index contributed by atoms with van der Waals surface area (Å²) in [5.74, 6) is 0.270. The number of nitrogens with one attached hydrogen (secondary N) is 2. The van der Waals surface area contributed by atoms with Crippen LogP contribution in [0.3, 0.4) is 0 Å². The summed E-state index contributed by atoms with van der Waals surface area (Å²) in [4.78, 5) is 37.4. The van der Waals surface area contributed by atoms with Crippen LogP contribution in [-0.4, -0.2) is 89.5 Å². The van der Waals surface area contributed by atoms with Crippen molar-refractivity contribution in [1.29, 1.82) is 0 Å². The van der Waals surface area contributed by atoms with Crippen LogP contribution in [0.15, 0.2) is 73.2 Å². The van der Waals surface area contributed by atoms with Crippen LogP contribution < -0.4 is 15.5 Å². The molecule has 0 unspecified atom stereocenters. The van der Waals surface area contributed by atoms with Gasteiger partial charge in [0, 0.05) is 79.8 Å². The Morgan fingerprint density at radius 3 is 2.51 bits per heavy atom. The van der Waals surface area contributed by atoms with E-state index < -0.39 is 0 Å². The first-order valence-electron chi connectivity index (χ1n) is 13.0. The van der Waals surface area contributed by atoms with Crippen molar-refractivity contribution in [2.24, 2.45) is 0 Å². The van der Waals surface area contributed by atoms with E-state index in [0.717, 1.165) is 37.3 Å². The molecule has 1 amide bonds. The highest BCUT2D eigenvalue weighted by atomic mass is 16.1. The van der Waals surface area contributed by atoms with Crippen LogP contribution in [0.2, 0.25) is 0 Å². The summed E-state index contributed by atoms with van der Waals surface area (Å²) in [6.45, 7) is 4.88. The lowest BCUT2D eigenvalue weighted by Gasteiger charge is -2.34. The maximum absolute atomic E-state index is 12.3. The number of piperazine rings is 1. The summed E-state index contributed by atoms with van der Waals surface area (Å²) >= 11 is 0. The van der Waals surface area contributed by atoms with E-state index in [0.29, 0.717) is 35.1 Å². The maximum Gasteiger partial charge on any atom is 0.248 e. The van der Waals surface area contributed by atoms with Gasteiger partial charge >= 0.3 is 0 Å². The van der Waals surface area contributed by atoms with Gasteiger partial charge in [-0.3, -0.25) is 14.8 Å². The Hall–Kier alpha value is -4.41. The number of benzene rings is 1. The summed E-state index contributed by atoms with van der Waals surface area (Å²) in [6, 6.07) is 13.8. The van der Waals surface area contributed by atoms with Gasteiger partial charge in [0.1, 0.15) is 11.2 Å². The number of nitrogens with zero attached hydrogens (tertiary/aromatic N) is 7. The minimum atomic E-state index is -0.202. The standard InChI is InChI=1S/C29H33N9O/c1-36(2)14-4-5-26(39)33-23-11-13-30-25(19-23)28-27-21(10-12-31-28)20-32-29(35-27)34-22-6-8-24(9-7-22)38-17-15-37(3)16-18-38/h4-13,19-20H,14-18H2,1-3H3,(H,30,33,39)(H,32,34,35). The number of carbonyl (C=O) groups is 1. The van der Waals surface area contributed by atoms with Crippen LogP contribution >= 0.6 is 0 Å². The topological polar surface area (TPSA) is 102 Å². The average molecular weight is 524 g/mol. The summed E-state index contributed by atoms with van der Waals surface area (Å²) in [5.41, 5.74) is 4.64. The van der Waals surface area contributed by atoms with E-state index in [2.05, 4.69) is 54.6 Å². The molecule has 4 aromatic rings. The molecular formula is C29H33N9O. The molecule has 10 nitrogen and oxygen atoms in total. The molecular weight excluding hydrogens is 490 g/mol. The number of aromatic nitrogens is 4. The van der Waals surface area contributed by atoms with E-state index in [9.17, 15) is 4.79 Å². The third-order valence-electron chi connectivity index (χ3n) is 6.50. The average Bonchev–Trinajstić information content (AvgIpc) is 2.93. The smallest absolute Gasteiger partial charge is 0.248 e. The lowest BCUT2D eigenvalue weighted by atomic mass is 10.1. The molecule has 4 heterocycles. The normalized spacial score (nSPS) is 14.3. The second-order valence-corrected chi connectivity index (χ2v) is 9.84. The van der Waals surface area contributed by atoms with E-state index >= 15 is 0 Å². The molecule has 2 N–H and O–H groups in total. The zero-order chi connectivity index (χ0) is 27.2. The monoisotopic (exact) mass is 523 g/mol. The number of hydrogen-bond donors (Lipinski definition) is 2. The Bertz CT molecular complexity index is 1460. The molecule has 1 saturated heterocycles. The Morgan fingerprint density at radius 1 is 0.974 bits per heavy atom. The van der Waals surface area contributed by atoms with Crippen molar-refractivity contribution < 1.29 is 4.79 Å². The molecule has 39 heavy (non-hydrogen) atoms. The van der Waals surface area contributed by atoms with Crippen LogP contribution in [0.5, 0.6) is 0 Å². The molecule has 3 aromatic heterocycles. The fourth-order valence-electron chi connectivity index (χ4n) is 4.35. The molecule has 0 saturated carbocycles. The van der Waals surface area contributed by atoms with E-state index in [4.69, 9.17) is 4.98 Å². The molecule has 0 spiro atoms. The number of hydrogen-bond acceptors (Lipinski definition) is 9. The number of rotatable bonds is 8. The molecule has 1 fully saturated rings. The van der Waals surface area contributed by atoms with Gasteiger partial charge in [0.2, 0.25) is 11.9 Å². The minimum Gasteiger partial charge on any atom is -0.369 e. The molecule has 5 rings (SSSR count). The second-order valence-electron chi connectivity index (χ2n) is 9.84. The first kappa shape index (κ1) is 26.2. The van der Waals surface area contributed by atoms with E-state index in [1.165, 1.54) is 11.8 Å². The molecule has 1 aromatic carbocycles. The quantitative estimate of drug-likeness (QED) is 0.335. The molecule has 1 aliphatic rings. The highest BCUT2D eigenvalue weighted by Crippen LogP contribution is 2.27. The molecule has 0 aliphatic carbocycles.